The van der Waals surface area contributed by atoms with Crippen molar-refractivity contribution in [1.82, 2.24) is 20.0 Å². The predicted molar refractivity (Wildman–Crippen MR) is 60.7 cm³/mol. The Morgan fingerprint density at radius 1 is 1.41 bits per heavy atom. The van der Waals surface area contributed by atoms with E-state index in [0.29, 0.717) is 13.1 Å². The molecule has 6 nitrogen and oxygen atoms in total. The summed E-state index contributed by atoms with van der Waals surface area (Å²) in [6, 6.07) is 0. The van der Waals surface area contributed by atoms with Crippen LogP contribution in [0.25, 0.3) is 0 Å². The summed E-state index contributed by atoms with van der Waals surface area (Å²) in [5.41, 5.74) is 3.37. The van der Waals surface area contributed by atoms with Crippen LogP contribution in [0.1, 0.15) is 23.4 Å². The fraction of sp³-hybridized carbons (Fsp3) is 0.636. The van der Waals surface area contributed by atoms with E-state index >= 15 is 0 Å². The molecule has 2 N–H and O–H groups in total. The molecule has 2 aliphatic heterocycles. The Kier molecular flexibility index (Phi) is 2.51. The zero-order valence-electron chi connectivity index (χ0n) is 9.65. The van der Waals surface area contributed by atoms with Gasteiger partial charge in [0.2, 0.25) is 0 Å². The van der Waals surface area contributed by atoms with Crippen molar-refractivity contribution < 1.29 is 9.90 Å². The summed E-state index contributed by atoms with van der Waals surface area (Å²) in [6.07, 6.45) is 0.981. The first-order chi connectivity index (χ1) is 8.25. The summed E-state index contributed by atoms with van der Waals surface area (Å²) in [5.74, 6) is 0. The van der Waals surface area contributed by atoms with Crippen LogP contribution in [0.15, 0.2) is 0 Å². The van der Waals surface area contributed by atoms with Crippen LogP contribution in [0.2, 0.25) is 0 Å². The topological polar surface area (TPSA) is 70.4 Å². The standard InChI is InChI=1S/C11H16N4O2/c16-11(17)14-5-2-9-8(7-14)10-6-12-3-1-4-15(10)13-9/h12H,1-7H2,(H,16,17). The summed E-state index contributed by atoms with van der Waals surface area (Å²) in [6.45, 7) is 3.78. The predicted octanol–water partition coefficient (Wildman–Crippen LogP) is 0.412. The van der Waals surface area contributed by atoms with Crippen LogP contribution >= 0.6 is 0 Å². The van der Waals surface area contributed by atoms with E-state index < -0.39 is 6.09 Å². The van der Waals surface area contributed by atoms with Gasteiger partial charge in [0.1, 0.15) is 0 Å². The first kappa shape index (κ1) is 10.6. The first-order valence-electron chi connectivity index (χ1n) is 6.02. The molecule has 2 aliphatic rings. The number of hydrogen-bond acceptors (Lipinski definition) is 3. The van der Waals surface area contributed by atoms with Crippen molar-refractivity contribution in [3.8, 4) is 0 Å². The molecular weight excluding hydrogens is 220 g/mol. The molecule has 0 spiro atoms. The van der Waals surface area contributed by atoms with Gasteiger partial charge in [-0.1, -0.05) is 0 Å². The maximum atomic E-state index is 11.0. The Balaban J connectivity index is 1.95. The second kappa shape index (κ2) is 4.03. The molecule has 0 atom stereocenters. The van der Waals surface area contributed by atoms with E-state index in [1.54, 1.807) is 0 Å². The summed E-state index contributed by atoms with van der Waals surface area (Å²) >= 11 is 0. The number of aromatic nitrogens is 2. The third-order valence-corrected chi connectivity index (χ3v) is 3.50. The molecular formula is C11H16N4O2. The molecule has 0 fully saturated rings. The van der Waals surface area contributed by atoms with Gasteiger partial charge in [-0.2, -0.15) is 5.10 Å². The van der Waals surface area contributed by atoms with Crippen LogP contribution in [0.4, 0.5) is 4.79 Å². The van der Waals surface area contributed by atoms with Gasteiger partial charge in [0.25, 0.3) is 0 Å². The average Bonchev–Trinajstić information content (AvgIpc) is 2.51. The maximum Gasteiger partial charge on any atom is 0.407 e. The largest absolute Gasteiger partial charge is 0.465 e. The van der Waals surface area contributed by atoms with Crippen molar-refractivity contribution in [2.45, 2.75) is 32.5 Å². The number of carbonyl (C=O) groups is 1. The summed E-state index contributed by atoms with van der Waals surface area (Å²) in [4.78, 5) is 12.5. The summed E-state index contributed by atoms with van der Waals surface area (Å²) < 4.78 is 2.05. The molecule has 92 valence electrons. The fourth-order valence-corrected chi connectivity index (χ4v) is 2.59. The molecule has 0 radical (unpaired) electrons. The van der Waals surface area contributed by atoms with Crippen LogP contribution in [-0.4, -0.2) is 39.0 Å². The van der Waals surface area contributed by atoms with Gasteiger partial charge in [0.15, 0.2) is 0 Å². The Labute approximate surface area is 99.2 Å². The van der Waals surface area contributed by atoms with E-state index in [0.717, 1.165) is 43.7 Å². The van der Waals surface area contributed by atoms with E-state index in [2.05, 4.69) is 15.1 Å². The summed E-state index contributed by atoms with van der Waals surface area (Å²) in [5, 5.41) is 17.0. The Morgan fingerprint density at radius 3 is 3.12 bits per heavy atom. The van der Waals surface area contributed by atoms with Crippen LogP contribution < -0.4 is 5.32 Å². The summed E-state index contributed by atoms with van der Waals surface area (Å²) in [7, 11) is 0. The van der Waals surface area contributed by atoms with Crippen LogP contribution in [0.3, 0.4) is 0 Å². The van der Waals surface area contributed by atoms with Crippen molar-refractivity contribution in [2.24, 2.45) is 0 Å². The van der Waals surface area contributed by atoms with Crippen molar-refractivity contribution >= 4 is 6.09 Å². The number of carboxylic acid groups (broad SMARTS) is 1. The number of rotatable bonds is 0. The highest BCUT2D eigenvalue weighted by atomic mass is 16.4. The van der Waals surface area contributed by atoms with Crippen LogP contribution in [0, 0.1) is 0 Å². The highest BCUT2D eigenvalue weighted by Crippen LogP contribution is 2.23. The van der Waals surface area contributed by atoms with E-state index in [4.69, 9.17) is 5.11 Å². The smallest absolute Gasteiger partial charge is 0.407 e. The van der Waals surface area contributed by atoms with Crippen LogP contribution in [0.5, 0.6) is 0 Å². The van der Waals surface area contributed by atoms with E-state index in [1.165, 1.54) is 10.6 Å². The minimum atomic E-state index is -0.836. The number of hydrogen-bond donors (Lipinski definition) is 2. The molecule has 0 aromatic carbocycles. The zero-order valence-corrected chi connectivity index (χ0v) is 9.65. The highest BCUT2D eigenvalue weighted by molar-refractivity contribution is 5.65. The average molecular weight is 236 g/mol. The molecule has 1 aromatic heterocycles. The second-order valence-electron chi connectivity index (χ2n) is 4.58. The lowest BCUT2D eigenvalue weighted by atomic mass is 10.1. The molecule has 0 saturated heterocycles. The Morgan fingerprint density at radius 2 is 2.29 bits per heavy atom. The monoisotopic (exact) mass is 236 g/mol. The Bertz CT molecular complexity index is 455. The van der Waals surface area contributed by atoms with Gasteiger partial charge in [-0.25, -0.2) is 4.79 Å². The lowest BCUT2D eigenvalue weighted by Crippen LogP contribution is -2.35. The molecule has 17 heavy (non-hydrogen) atoms. The normalized spacial score (nSPS) is 19.4. The van der Waals surface area contributed by atoms with Gasteiger partial charge < -0.3 is 15.3 Å². The van der Waals surface area contributed by atoms with Gasteiger partial charge in [-0.15, -0.1) is 0 Å². The molecule has 0 aliphatic carbocycles. The van der Waals surface area contributed by atoms with Crippen molar-refractivity contribution in [1.29, 1.82) is 0 Å². The van der Waals surface area contributed by atoms with Crippen molar-refractivity contribution in [3.63, 3.8) is 0 Å². The quantitative estimate of drug-likeness (QED) is 0.684. The number of aryl methyl sites for hydroxylation is 1. The number of nitrogens with one attached hydrogen (secondary N) is 1. The van der Waals surface area contributed by atoms with Crippen molar-refractivity contribution in [3.05, 3.63) is 17.0 Å². The van der Waals surface area contributed by atoms with Gasteiger partial charge in [-0.3, -0.25) is 4.68 Å². The molecule has 0 bridgehead atoms. The molecule has 3 heterocycles. The fourth-order valence-electron chi connectivity index (χ4n) is 2.59. The van der Waals surface area contributed by atoms with Gasteiger partial charge in [-0.05, 0) is 13.0 Å². The number of nitrogens with zero attached hydrogens (tertiary/aromatic N) is 3. The van der Waals surface area contributed by atoms with Gasteiger partial charge in [0, 0.05) is 31.6 Å². The maximum absolute atomic E-state index is 11.0. The lowest BCUT2D eigenvalue weighted by Gasteiger charge is -2.24. The van der Waals surface area contributed by atoms with E-state index in [-0.39, 0.29) is 0 Å². The molecule has 1 amide bonds. The second-order valence-corrected chi connectivity index (χ2v) is 4.58. The molecule has 0 saturated carbocycles. The molecule has 6 heteroatoms. The third-order valence-electron chi connectivity index (χ3n) is 3.50. The van der Waals surface area contributed by atoms with Crippen molar-refractivity contribution in [2.75, 3.05) is 13.1 Å². The molecule has 3 rings (SSSR count). The zero-order chi connectivity index (χ0) is 11.8. The Hall–Kier alpha value is -1.56. The third kappa shape index (κ3) is 1.78. The highest BCUT2D eigenvalue weighted by Gasteiger charge is 2.27. The molecule has 0 unspecified atom stereocenters. The van der Waals surface area contributed by atoms with Gasteiger partial charge >= 0.3 is 6.09 Å². The minimum absolute atomic E-state index is 0.488. The van der Waals surface area contributed by atoms with E-state index in [1.807, 2.05) is 0 Å². The van der Waals surface area contributed by atoms with Crippen LogP contribution in [-0.2, 0) is 26.1 Å². The SMILES string of the molecule is O=C(O)N1CCc2nn3c(c2C1)CNCCC3. The van der Waals surface area contributed by atoms with E-state index in [9.17, 15) is 4.79 Å². The molecule has 1 aromatic rings. The lowest BCUT2D eigenvalue weighted by molar-refractivity contribution is 0.139. The number of fused-ring (bicyclic) bond motifs is 3. The number of amides is 1. The minimum Gasteiger partial charge on any atom is -0.465 e. The first-order valence-corrected chi connectivity index (χ1v) is 6.02. The van der Waals surface area contributed by atoms with Gasteiger partial charge in [0.05, 0.1) is 17.9 Å².